The predicted octanol–water partition coefficient (Wildman–Crippen LogP) is 2.71. The van der Waals surface area contributed by atoms with Crippen molar-refractivity contribution in [2.75, 3.05) is 6.54 Å². The van der Waals surface area contributed by atoms with Crippen LogP contribution in [0.5, 0.6) is 0 Å². The smallest absolute Gasteiger partial charge is 0.233 e. The first-order chi connectivity index (χ1) is 12.4. The lowest BCUT2D eigenvalue weighted by atomic mass is 9.81. The van der Waals surface area contributed by atoms with E-state index in [1.54, 1.807) is 6.92 Å². The normalized spacial score (nSPS) is 23.7. The van der Waals surface area contributed by atoms with Gasteiger partial charge in [-0.15, -0.1) is 0 Å². The molecular weight excluding hydrogens is 342 g/mol. The van der Waals surface area contributed by atoms with Gasteiger partial charge in [-0.3, -0.25) is 19.3 Å². The van der Waals surface area contributed by atoms with Crippen molar-refractivity contribution in [1.82, 2.24) is 10.2 Å². The largest absolute Gasteiger partial charge is 0.349 e. The summed E-state index contributed by atoms with van der Waals surface area (Å²) in [6, 6.07) is 2.54. The standard InChI is InChI=1S/C19H22F2N2O3/c1-11(13-7-6-12(20)10-16(13)21)22-17(24)8-9-23-18(25)14-4-2-3-5-15(14)19(23)26/h6-7,10-11,14-15H,2-5,8-9H2,1H3,(H,22,24)/t11-,14+,15+/m1/s1. The van der Waals surface area contributed by atoms with Crippen LogP contribution in [0, 0.1) is 23.5 Å². The minimum atomic E-state index is -0.730. The zero-order valence-electron chi connectivity index (χ0n) is 14.6. The Balaban J connectivity index is 1.55. The summed E-state index contributed by atoms with van der Waals surface area (Å²) in [5, 5.41) is 2.62. The predicted molar refractivity (Wildman–Crippen MR) is 89.7 cm³/mol. The zero-order chi connectivity index (χ0) is 18.8. The van der Waals surface area contributed by atoms with Crippen molar-refractivity contribution in [2.24, 2.45) is 11.8 Å². The van der Waals surface area contributed by atoms with Crippen LogP contribution in [-0.2, 0) is 14.4 Å². The highest BCUT2D eigenvalue weighted by molar-refractivity contribution is 6.05. The molecule has 3 atom stereocenters. The van der Waals surface area contributed by atoms with Gasteiger partial charge in [-0.2, -0.15) is 0 Å². The second-order valence-corrected chi connectivity index (χ2v) is 7.03. The zero-order valence-corrected chi connectivity index (χ0v) is 14.6. The third kappa shape index (κ3) is 3.61. The van der Waals surface area contributed by atoms with Gasteiger partial charge in [0.15, 0.2) is 0 Å². The maximum absolute atomic E-state index is 13.8. The molecule has 5 nitrogen and oxygen atoms in total. The number of halogens is 2. The summed E-state index contributed by atoms with van der Waals surface area (Å²) in [5.41, 5.74) is 0.180. The number of carbonyl (C=O) groups excluding carboxylic acids is 3. The van der Waals surface area contributed by atoms with Crippen LogP contribution in [0.4, 0.5) is 8.78 Å². The molecule has 7 heteroatoms. The highest BCUT2D eigenvalue weighted by atomic mass is 19.1. The topological polar surface area (TPSA) is 66.5 Å². The fourth-order valence-corrected chi connectivity index (χ4v) is 3.91. The number of nitrogens with zero attached hydrogens (tertiary/aromatic N) is 1. The summed E-state index contributed by atoms with van der Waals surface area (Å²) < 4.78 is 26.7. The van der Waals surface area contributed by atoms with E-state index in [2.05, 4.69) is 5.32 Å². The lowest BCUT2D eigenvalue weighted by molar-refractivity contribution is -0.140. The number of benzene rings is 1. The average Bonchev–Trinajstić information content (AvgIpc) is 2.84. The van der Waals surface area contributed by atoms with E-state index >= 15 is 0 Å². The van der Waals surface area contributed by atoms with Gasteiger partial charge in [0.05, 0.1) is 17.9 Å². The molecule has 1 aliphatic carbocycles. The van der Waals surface area contributed by atoms with Crippen LogP contribution in [0.1, 0.15) is 50.6 Å². The minimum Gasteiger partial charge on any atom is -0.349 e. The summed E-state index contributed by atoms with van der Waals surface area (Å²) in [6.07, 6.45) is 3.34. The highest BCUT2D eigenvalue weighted by Crippen LogP contribution is 2.37. The maximum Gasteiger partial charge on any atom is 0.233 e. The molecule has 1 aromatic carbocycles. The molecule has 1 N–H and O–H groups in total. The van der Waals surface area contributed by atoms with Crippen molar-refractivity contribution in [3.63, 3.8) is 0 Å². The first kappa shape index (κ1) is 18.5. The fraction of sp³-hybridized carbons (Fsp3) is 0.526. The molecule has 1 saturated heterocycles. The van der Waals surface area contributed by atoms with Crippen LogP contribution in [0.3, 0.4) is 0 Å². The number of likely N-dealkylation sites (tertiary alicyclic amines) is 1. The molecule has 2 aliphatic rings. The van der Waals surface area contributed by atoms with Crippen LogP contribution in [0.2, 0.25) is 0 Å². The van der Waals surface area contributed by atoms with Crippen molar-refractivity contribution in [3.8, 4) is 0 Å². The van der Waals surface area contributed by atoms with Crippen LogP contribution in [-0.4, -0.2) is 29.2 Å². The van der Waals surface area contributed by atoms with Crippen molar-refractivity contribution in [1.29, 1.82) is 0 Å². The molecule has 0 spiro atoms. The first-order valence-electron chi connectivity index (χ1n) is 8.98. The Morgan fingerprint density at radius 2 is 1.81 bits per heavy atom. The molecule has 1 heterocycles. The van der Waals surface area contributed by atoms with E-state index in [0.29, 0.717) is 0 Å². The van der Waals surface area contributed by atoms with Gasteiger partial charge >= 0.3 is 0 Å². The third-order valence-electron chi connectivity index (χ3n) is 5.30. The van der Waals surface area contributed by atoms with Crippen LogP contribution < -0.4 is 5.32 Å². The Morgan fingerprint density at radius 3 is 2.38 bits per heavy atom. The molecule has 140 valence electrons. The highest BCUT2D eigenvalue weighted by Gasteiger charge is 2.47. The molecule has 2 fully saturated rings. The molecule has 26 heavy (non-hydrogen) atoms. The second-order valence-electron chi connectivity index (χ2n) is 7.03. The van der Waals surface area contributed by atoms with E-state index in [-0.39, 0.29) is 42.2 Å². The van der Waals surface area contributed by atoms with Gasteiger partial charge in [0.25, 0.3) is 0 Å². The molecule has 0 radical (unpaired) electrons. The number of hydrogen-bond donors (Lipinski definition) is 1. The number of fused-ring (bicyclic) bond motifs is 1. The van der Waals surface area contributed by atoms with Gasteiger partial charge in [0, 0.05) is 24.6 Å². The molecule has 3 amide bonds. The number of nitrogens with one attached hydrogen (secondary N) is 1. The van der Waals surface area contributed by atoms with Crippen LogP contribution in [0.25, 0.3) is 0 Å². The molecule has 1 aromatic rings. The Morgan fingerprint density at radius 1 is 1.19 bits per heavy atom. The third-order valence-corrected chi connectivity index (χ3v) is 5.30. The number of rotatable bonds is 5. The van der Waals surface area contributed by atoms with Crippen LogP contribution in [0.15, 0.2) is 18.2 Å². The first-order valence-corrected chi connectivity index (χ1v) is 8.98. The minimum absolute atomic E-state index is 0.0368. The summed E-state index contributed by atoms with van der Waals surface area (Å²) >= 11 is 0. The molecule has 0 unspecified atom stereocenters. The summed E-state index contributed by atoms with van der Waals surface area (Å²) in [6.45, 7) is 1.63. The molecule has 3 rings (SSSR count). The average molecular weight is 364 g/mol. The van der Waals surface area contributed by atoms with Gasteiger partial charge < -0.3 is 5.32 Å². The van der Waals surface area contributed by atoms with Crippen molar-refractivity contribution in [3.05, 3.63) is 35.4 Å². The lowest BCUT2D eigenvalue weighted by Crippen LogP contribution is -2.36. The van der Waals surface area contributed by atoms with Crippen LogP contribution >= 0.6 is 0 Å². The van der Waals surface area contributed by atoms with E-state index in [0.717, 1.165) is 37.8 Å². The summed E-state index contributed by atoms with van der Waals surface area (Å²) in [5.74, 6) is -2.62. The van der Waals surface area contributed by atoms with E-state index in [1.165, 1.54) is 11.0 Å². The van der Waals surface area contributed by atoms with E-state index < -0.39 is 23.6 Å². The number of hydrogen-bond acceptors (Lipinski definition) is 3. The summed E-state index contributed by atoms with van der Waals surface area (Å²) in [4.78, 5) is 38.1. The maximum atomic E-state index is 13.8. The Labute approximate surface area is 150 Å². The molecule has 0 aromatic heterocycles. The van der Waals surface area contributed by atoms with Gasteiger partial charge in [-0.25, -0.2) is 8.78 Å². The van der Waals surface area contributed by atoms with E-state index in [1.807, 2.05) is 0 Å². The second kappa shape index (κ2) is 7.51. The molecule has 1 saturated carbocycles. The van der Waals surface area contributed by atoms with Gasteiger partial charge in [0.2, 0.25) is 17.7 Å². The lowest BCUT2D eigenvalue weighted by Gasteiger charge is -2.19. The Kier molecular flexibility index (Phi) is 5.34. The van der Waals surface area contributed by atoms with E-state index in [4.69, 9.17) is 0 Å². The Hall–Kier alpha value is -2.31. The number of carbonyl (C=O) groups is 3. The monoisotopic (exact) mass is 364 g/mol. The van der Waals surface area contributed by atoms with Crippen molar-refractivity contribution >= 4 is 17.7 Å². The van der Waals surface area contributed by atoms with Crippen molar-refractivity contribution in [2.45, 2.75) is 45.1 Å². The fourth-order valence-electron chi connectivity index (χ4n) is 3.91. The van der Waals surface area contributed by atoms with Crippen molar-refractivity contribution < 1.29 is 23.2 Å². The molecule has 0 bridgehead atoms. The molecular formula is C19H22F2N2O3. The summed E-state index contributed by atoms with van der Waals surface area (Å²) in [7, 11) is 0. The van der Waals surface area contributed by atoms with E-state index in [9.17, 15) is 23.2 Å². The number of imide groups is 1. The quantitative estimate of drug-likeness (QED) is 0.817. The molecule has 1 aliphatic heterocycles. The Bertz CT molecular complexity index is 713. The van der Waals surface area contributed by atoms with Gasteiger partial charge in [0.1, 0.15) is 11.6 Å². The SMILES string of the molecule is C[C@@H](NC(=O)CCN1C(=O)[C@H]2CCCC[C@@H]2C1=O)c1ccc(F)cc1F. The number of amides is 3. The van der Waals surface area contributed by atoms with Gasteiger partial charge in [-0.05, 0) is 25.8 Å². The van der Waals surface area contributed by atoms with Gasteiger partial charge in [-0.1, -0.05) is 18.9 Å².